The van der Waals surface area contributed by atoms with Gasteiger partial charge < -0.3 is 20.7 Å². The van der Waals surface area contributed by atoms with Crippen molar-refractivity contribution in [2.24, 2.45) is 17.6 Å². The van der Waals surface area contributed by atoms with E-state index in [1.54, 1.807) is 18.2 Å². The number of carbonyl (C=O) groups is 2. The van der Waals surface area contributed by atoms with E-state index in [1.165, 1.54) is 0 Å². The summed E-state index contributed by atoms with van der Waals surface area (Å²) in [6.45, 7) is -0.000414. The number of carboxylic acids is 2. The second-order valence-corrected chi connectivity index (χ2v) is 6.99. The number of benzene rings is 1. The van der Waals surface area contributed by atoms with E-state index in [0.717, 1.165) is 0 Å². The molecule has 0 amide bonds. The maximum atomic E-state index is 14.4. The Morgan fingerprint density at radius 3 is 2.50 bits per heavy atom. The Labute approximate surface area is 146 Å². The zero-order chi connectivity index (χ0) is 17.9. The number of halogens is 3. The predicted octanol–water partition coefficient (Wildman–Crippen LogP) is 2.10. The predicted molar refractivity (Wildman–Crippen MR) is 82.7 cm³/mol. The summed E-state index contributed by atoms with van der Waals surface area (Å²) in [7, 11) is 0. The summed E-state index contributed by atoms with van der Waals surface area (Å²) in [4.78, 5) is 22.7. The van der Waals surface area contributed by atoms with Gasteiger partial charge in [0.25, 0.3) is 0 Å². The van der Waals surface area contributed by atoms with Crippen LogP contribution in [0, 0.1) is 11.8 Å². The minimum Gasteiger partial charge on any atom is -0.480 e. The Hall–Kier alpha value is -1.41. The van der Waals surface area contributed by atoms with E-state index in [2.05, 4.69) is 0 Å². The van der Waals surface area contributed by atoms with E-state index in [4.69, 9.17) is 38.8 Å². The maximum Gasteiger partial charge on any atom is 0.342 e. The highest BCUT2D eigenvalue weighted by Gasteiger charge is 2.85. The molecule has 9 heteroatoms. The van der Waals surface area contributed by atoms with Crippen molar-refractivity contribution in [2.75, 3.05) is 0 Å². The second kappa shape index (κ2) is 5.56. The highest BCUT2D eigenvalue weighted by Crippen LogP contribution is 2.67. The number of ether oxygens (including phenoxy) is 1. The highest BCUT2D eigenvalue weighted by molar-refractivity contribution is 6.42. The van der Waals surface area contributed by atoms with Crippen LogP contribution in [0.3, 0.4) is 0 Å². The van der Waals surface area contributed by atoms with Crippen LogP contribution < -0.4 is 5.73 Å². The van der Waals surface area contributed by atoms with Gasteiger partial charge in [0.1, 0.15) is 5.54 Å². The number of rotatable bonds is 5. The lowest BCUT2D eigenvalue weighted by atomic mass is 9.88. The van der Waals surface area contributed by atoms with Gasteiger partial charge in [-0.15, -0.1) is 0 Å². The SMILES string of the molecule is N[C@]1(C(=O)O)C2C(C[C@H]1OCc1ccc(Cl)c(Cl)c1)C2(F)C(=O)O. The molecule has 1 aromatic carbocycles. The molecule has 2 saturated carbocycles. The molecule has 0 aliphatic heterocycles. The van der Waals surface area contributed by atoms with Gasteiger partial charge in [0, 0.05) is 11.8 Å². The summed E-state index contributed by atoms with van der Waals surface area (Å²) in [5, 5.41) is 19.1. The summed E-state index contributed by atoms with van der Waals surface area (Å²) in [6.07, 6.45) is -1.07. The third-order valence-corrected chi connectivity index (χ3v) is 5.67. The number of carboxylic acid groups (broad SMARTS) is 2. The third-order valence-electron chi connectivity index (χ3n) is 4.93. The topological polar surface area (TPSA) is 110 Å². The number of nitrogens with two attached hydrogens (primary N) is 1. The molecule has 130 valence electrons. The van der Waals surface area contributed by atoms with Crippen LogP contribution >= 0.6 is 23.2 Å². The molecular weight excluding hydrogens is 364 g/mol. The van der Waals surface area contributed by atoms with Gasteiger partial charge >= 0.3 is 11.9 Å². The highest BCUT2D eigenvalue weighted by atomic mass is 35.5. The van der Waals surface area contributed by atoms with Crippen molar-refractivity contribution >= 4 is 35.1 Å². The van der Waals surface area contributed by atoms with Crippen molar-refractivity contribution in [3.8, 4) is 0 Å². The van der Waals surface area contributed by atoms with Gasteiger partial charge in [-0.3, -0.25) is 4.79 Å². The molecule has 2 fully saturated rings. The Kier molecular flexibility index (Phi) is 4.03. The monoisotopic (exact) mass is 377 g/mol. The number of alkyl halides is 1. The lowest BCUT2D eigenvalue weighted by molar-refractivity contribution is -0.156. The molecule has 6 nitrogen and oxygen atoms in total. The normalized spacial score (nSPS) is 37.1. The number of hydrogen-bond donors (Lipinski definition) is 3. The maximum absolute atomic E-state index is 14.4. The first kappa shape index (κ1) is 17.4. The van der Waals surface area contributed by atoms with Crippen LogP contribution in [0.1, 0.15) is 12.0 Å². The van der Waals surface area contributed by atoms with Gasteiger partial charge in [0.05, 0.1) is 22.8 Å². The molecule has 4 N–H and O–H groups in total. The molecule has 24 heavy (non-hydrogen) atoms. The van der Waals surface area contributed by atoms with Crippen molar-refractivity contribution in [3.05, 3.63) is 33.8 Å². The van der Waals surface area contributed by atoms with Gasteiger partial charge in [-0.2, -0.15) is 0 Å². The van der Waals surface area contributed by atoms with Crippen LogP contribution in [-0.4, -0.2) is 39.5 Å². The van der Waals surface area contributed by atoms with Gasteiger partial charge in [-0.1, -0.05) is 29.3 Å². The first-order valence-electron chi connectivity index (χ1n) is 7.13. The van der Waals surface area contributed by atoms with Crippen LogP contribution in [0.15, 0.2) is 18.2 Å². The molecule has 0 radical (unpaired) electrons. The van der Waals surface area contributed by atoms with Crippen LogP contribution in [0.25, 0.3) is 0 Å². The zero-order valence-electron chi connectivity index (χ0n) is 12.2. The van der Waals surface area contributed by atoms with Crippen LogP contribution in [0.2, 0.25) is 10.0 Å². The van der Waals surface area contributed by atoms with Crippen molar-refractivity contribution in [3.63, 3.8) is 0 Å². The van der Waals surface area contributed by atoms with E-state index in [1.807, 2.05) is 0 Å². The molecule has 0 spiro atoms. The fourth-order valence-corrected chi connectivity index (χ4v) is 3.95. The first-order chi connectivity index (χ1) is 11.1. The quantitative estimate of drug-likeness (QED) is 0.724. The standard InChI is InChI=1S/C15H14Cl2FNO5/c16-8-2-1-6(3-9(8)17)5-24-10-4-7-11(14(7,18)12(20)21)15(10,19)13(22)23/h1-3,7,10-11H,4-5,19H2,(H,20,21)(H,22,23)/t7?,10-,11?,14?,15+/m1/s1. The summed E-state index contributed by atoms with van der Waals surface area (Å²) in [6, 6.07) is 4.79. The van der Waals surface area contributed by atoms with Crippen molar-refractivity contribution in [1.82, 2.24) is 0 Å². The first-order valence-corrected chi connectivity index (χ1v) is 7.89. The lowest BCUT2D eigenvalue weighted by Crippen LogP contribution is -2.60. The average molecular weight is 378 g/mol. The molecule has 2 aliphatic carbocycles. The summed E-state index contributed by atoms with van der Waals surface area (Å²) in [5.41, 5.74) is 1.84. The van der Waals surface area contributed by atoms with Gasteiger partial charge in [-0.25, -0.2) is 9.18 Å². The van der Waals surface area contributed by atoms with Crippen molar-refractivity contribution in [2.45, 2.75) is 30.3 Å². The number of aliphatic carboxylic acids is 2. The number of fused-ring (bicyclic) bond motifs is 1. The Morgan fingerprint density at radius 2 is 1.96 bits per heavy atom. The van der Waals surface area contributed by atoms with E-state index >= 15 is 0 Å². The van der Waals surface area contributed by atoms with Gasteiger partial charge in [0.2, 0.25) is 5.67 Å². The smallest absolute Gasteiger partial charge is 0.342 e. The Morgan fingerprint density at radius 1 is 1.29 bits per heavy atom. The summed E-state index contributed by atoms with van der Waals surface area (Å²) in [5.74, 6) is -5.43. The summed E-state index contributed by atoms with van der Waals surface area (Å²) >= 11 is 11.7. The van der Waals surface area contributed by atoms with E-state index in [-0.39, 0.29) is 13.0 Å². The molecule has 3 unspecified atom stereocenters. The van der Waals surface area contributed by atoms with Crippen molar-refractivity contribution < 1.29 is 28.9 Å². The fourth-order valence-electron chi connectivity index (χ4n) is 3.63. The molecule has 0 saturated heterocycles. The second-order valence-electron chi connectivity index (χ2n) is 6.18. The molecule has 2 aliphatic rings. The average Bonchev–Trinajstić information content (AvgIpc) is 2.98. The van der Waals surface area contributed by atoms with Crippen molar-refractivity contribution in [1.29, 1.82) is 0 Å². The fraction of sp³-hybridized carbons (Fsp3) is 0.467. The lowest BCUT2D eigenvalue weighted by Gasteiger charge is -2.31. The van der Waals surface area contributed by atoms with Gasteiger partial charge in [-0.05, 0) is 24.1 Å². The molecule has 0 aromatic heterocycles. The molecule has 1 aromatic rings. The minimum atomic E-state index is -2.60. The van der Waals surface area contributed by atoms with E-state index in [9.17, 15) is 19.1 Å². The zero-order valence-corrected chi connectivity index (χ0v) is 13.7. The molecule has 5 atom stereocenters. The third kappa shape index (κ3) is 2.30. The molecule has 0 bridgehead atoms. The van der Waals surface area contributed by atoms with E-state index < -0.39 is 41.1 Å². The Balaban J connectivity index is 1.76. The largest absolute Gasteiger partial charge is 0.480 e. The summed E-state index contributed by atoms with van der Waals surface area (Å²) < 4.78 is 20.0. The van der Waals surface area contributed by atoms with Crippen LogP contribution in [0.4, 0.5) is 4.39 Å². The molecule has 3 rings (SSSR count). The van der Waals surface area contributed by atoms with Gasteiger partial charge in [0.15, 0.2) is 0 Å². The Bertz CT molecular complexity index is 732. The number of hydrogen-bond acceptors (Lipinski definition) is 4. The van der Waals surface area contributed by atoms with Crippen LogP contribution in [-0.2, 0) is 20.9 Å². The molecular formula is C15H14Cl2FNO5. The van der Waals surface area contributed by atoms with Crippen LogP contribution in [0.5, 0.6) is 0 Å². The van der Waals surface area contributed by atoms with E-state index in [0.29, 0.717) is 15.6 Å². The molecule has 0 heterocycles. The minimum absolute atomic E-state index is 0.000414.